The van der Waals surface area contributed by atoms with Crippen LogP contribution in [0.4, 0.5) is 18.9 Å². The molecule has 8 nitrogen and oxygen atoms in total. The van der Waals surface area contributed by atoms with Crippen LogP contribution in [-0.4, -0.2) is 57.5 Å². The molecule has 0 saturated carbocycles. The van der Waals surface area contributed by atoms with Gasteiger partial charge in [-0.3, -0.25) is 14.5 Å². The molecule has 0 radical (unpaired) electrons. The van der Waals surface area contributed by atoms with E-state index in [1.807, 2.05) is 18.2 Å². The van der Waals surface area contributed by atoms with Gasteiger partial charge >= 0.3 is 6.18 Å². The van der Waals surface area contributed by atoms with Gasteiger partial charge in [0.05, 0.1) is 29.3 Å². The second-order valence-corrected chi connectivity index (χ2v) is 9.71. The average molecular weight is 569 g/mol. The first-order chi connectivity index (χ1) is 19.2. The number of hydrogen-bond acceptors (Lipinski definition) is 6. The van der Waals surface area contributed by atoms with E-state index in [-0.39, 0.29) is 28.4 Å². The molecule has 2 aromatic carbocycles. The smallest absolute Gasteiger partial charge is 0.321 e. The highest BCUT2D eigenvalue weighted by molar-refractivity contribution is 6.31. The van der Waals surface area contributed by atoms with E-state index < -0.39 is 17.7 Å². The Bertz CT molecular complexity index is 1530. The van der Waals surface area contributed by atoms with Gasteiger partial charge in [-0.1, -0.05) is 23.7 Å². The van der Waals surface area contributed by atoms with E-state index in [4.69, 9.17) is 11.6 Å². The fourth-order valence-corrected chi connectivity index (χ4v) is 4.54. The van der Waals surface area contributed by atoms with E-state index in [1.165, 1.54) is 29.2 Å². The van der Waals surface area contributed by atoms with E-state index in [0.717, 1.165) is 50.6 Å². The highest BCUT2D eigenvalue weighted by atomic mass is 35.5. The number of carbonyl (C=O) groups is 2. The molecule has 206 valence electrons. The van der Waals surface area contributed by atoms with Crippen molar-refractivity contribution in [1.29, 1.82) is 0 Å². The van der Waals surface area contributed by atoms with Crippen molar-refractivity contribution in [2.45, 2.75) is 12.7 Å². The van der Waals surface area contributed by atoms with Crippen molar-refractivity contribution in [1.82, 2.24) is 25.0 Å². The number of alkyl halides is 3. The highest BCUT2D eigenvalue weighted by Crippen LogP contribution is 2.28. The van der Waals surface area contributed by atoms with Crippen LogP contribution in [0, 0.1) is 0 Å². The lowest BCUT2D eigenvalue weighted by Crippen LogP contribution is -2.42. The Morgan fingerprint density at radius 2 is 1.80 bits per heavy atom. The van der Waals surface area contributed by atoms with Gasteiger partial charge in [0, 0.05) is 55.1 Å². The predicted molar refractivity (Wildman–Crippen MR) is 144 cm³/mol. The minimum Gasteiger partial charge on any atom is -0.321 e. The Morgan fingerprint density at radius 1 is 1.00 bits per heavy atom. The molecule has 40 heavy (non-hydrogen) atoms. The first kappa shape index (κ1) is 27.5. The van der Waals surface area contributed by atoms with E-state index in [0.29, 0.717) is 10.6 Å². The Kier molecular flexibility index (Phi) is 7.97. The van der Waals surface area contributed by atoms with Crippen molar-refractivity contribution < 1.29 is 22.8 Å². The summed E-state index contributed by atoms with van der Waals surface area (Å²) in [6, 6.07) is 13.9. The van der Waals surface area contributed by atoms with Gasteiger partial charge in [0.15, 0.2) is 5.78 Å². The zero-order chi connectivity index (χ0) is 28.3. The number of hydrogen-bond donors (Lipinski definition) is 2. The van der Waals surface area contributed by atoms with Gasteiger partial charge in [0.1, 0.15) is 5.69 Å². The largest absolute Gasteiger partial charge is 0.433 e. The maximum atomic E-state index is 13.4. The molecule has 1 aliphatic rings. The summed E-state index contributed by atoms with van der Waals surface area (Å²) < 4.78 is 39.7. The monoisotopic (exact) mass is 568 g/mol. The second-order valence-electron chi connectivity index (χ2n) is 9.27. The SMILES string of the molecule is O=C(Nc1ccc(Cl)cc1C(=O)c1cnn(-c2ccc(C(F)(F)F)nc2)c1)c1cccc(CN2CCNCC2)c1. The summed E-state index contributed by atoms with van der Waals surface area (Å²) in [5, 5.41) is 10.5. The zero-order valence-electron chi connectivity index (χ0n) is 21.1. The first-order valence-electron chi connectivity index (χ1n) is 12.4. The van der Waals surface area contributed by atoms with Crippen molar-refractivity contribution in [3.8, 4) is 5.69 Å². The molecule has 0 bridgehead atoms. The number of carbonyl (C=O) groups excluding carboxylic acids is 2. The third-order valence-electron chi connectivity index (χ3n) is 6.43. The van der Waals surface area contributed by atoms with Crippen LogP contribution in [0.25, 0.3) is 5.69 Å². The average Bonchev–Trinajstić information content (AvgIpc) is 3.44. The van der Waals surface area contributed by atoms with E-state index in [2.05, 4.69) is 25.6 Å². The molecule has 5 rings (SSSR count). The molecule has 1 saturated heterocycles. The molecular formula is C28H24ClF3N6O2. The molecule has 3 heterocycles. The summed E-state index contributed by atoms with van der Waals surface area (Å²) in [7, 11) is 0. The van der Waals surface area contributed by atoms with Gasteiger partial charge in [0.25, 0.3) is 5.91 Å². The number of aromatic nitrogens is 3. The van der Waals surface area contributed by atoms with Crippen LogP contribution in [0.1, 0.15) is 37.5 Å². The maximum absolute atomic E-state index is 13.4. The van der Waals surface area contributed by atoms with Gasteiger partial charge < -0.3 is 10.6 Å². The lowest BCUT2D eigenvalue weighted by molar-refractivity contribution is -0.141. The molecule has 0 atom stereocenters. The highest BCUT2D eigenvalue weighted by Gasteiger charge is 2.32. The molecule has 12 heteroatoms. The summed E-state index contributed by atoms with van der Waals surface area (Å²) in [4.78, 5) is 32.3. The Hall–Kier alpha value is -4.06. The summed E-state index contributed by atoms with van der Waals surface area (Å²) in [5.41, 5.74) is 1.21. The molecule has 2 aromatic heterocycles. The molecule has 1 aliphatic heterocycles. The van der Waals surface area contributed by atoms with Crippen LogP contribution in [0.5, 0.6) is 0 Å². The topological polar surface area (TPSA) is 92.1 Å². The molecule has 1 amide bonds. The lowest BCUT2D eigenvalue weighted by atomic mass is 10.0. The van der Waals surface area contributed by atoms with Crippen molar-refractivity contribution in [2.24, 2.45) is 0 Å². The number of halogens is 4. The van der Waals surface area contributed by atoms with E-state index >= 15 is 0 Å². The summed E-state index contributed by atoms with van der Waals surface area (Å²) >= 11 is 6.17. The summed E-state index contributed by atoms with van der Waals surface area (Å²) in [5.74, 6) is -0.860. The number of nitrogens with one attached hydrogen (secondary N) is 2. The van der Waals surface area contributed by atoms with Crippen molar-refractivity contribution in [3.05, 3.63) is 106 Å². The van der Waals surface area contributed by atoms with Gasteiger partial charge in [0.2, 0.25) is 0 Å². The lowest BCUT2D eigenvalue weighted by Gasteiger charge is -2.27. The van der Waals surface area contributed by atoms with Crippen LogP contribution >= 0.6 is 11.6 Å². The third kappa shape index (κ3) is 6.39. The Balaban J connectivity index is 1.34. The minimum absolute atomic E-state index is 0.142. The molecular weight excluding hydrogens is 545 g/mol. The third-order valence-corrected chi connectivity index (χ3v) is 6.66. The van der Waals surface area contributed by atoms with Crippen LogP contribution < -0.4 is 10.6 Å². The molecule has 4 aromatic rings. The van der Waals surface area contributed by atoms with Crippen molar-refractivity contribution in [3.63, 3.8) is 0 Å². The van der Waals surface area contributed by atoms with Crippen molar-refractivity contribution >= 4 is 29.0 Å². The molecule has 0 aliphatic carbocycles. The second kappa shape index (κ2) is 11.6. The van der Waals surface area contributed by atoms with Crippen LogP contribution in [-0.2, 0) is 12.7 Å². The molecule has 1 fully saturated rings. The predicted octanol–water partition coefficient (Wildman–Crippen LogP) is 4.83. The fraction of sp³-hybridized carbons (Fsp3) is 0.214. The van der Waals surface area contributed by atoms with Crippen LogP contribution in [0.15, 0.2) is 73.2 Å². The van der Waals surface area contributed by atoms with Crippen LogP contribution in [0.3, 0.4) is 0 Å². The summed E-state index contributed by atoms with van der Waals surface area (Å²) in [6.45, 7) is 4.44. The fourth-order valence-electron chi connectivity index (χ4n) is 4.37. The summed E-state index contributed by atoms with van der Waals surface area (Å²) in [6.07, 6.45) is -0.889. The number of piperazine rings is 1. The van der Waals surface area contributed by atoms with E-state index in [9.17, 15) is 22.8 Å². The number of rotatable bonds is 7. The van der Waals surface area contributed by atoms with Crippen molar-refractivity contribution in [2.75, 3.05) is 31.5 Å². The number of anilines is 1. The van der Waals surface area contributed by atoms with Gasteiger partial charge in [-0.05, 0) is 48.0 Å². The first-order valence-corrected chi connectivity index (χ1v) is 12.8. The minimum atomic E-state index is -4.57. The Labute approximate surface area is 232 Å². The molecule has 2 N–H and O–H groups in total. The van der Waals surface area contributed by atoms with Gasteiger partial charge in [-0.2, -0.15) is 18.3 Å². The normalized spacial score (nSPS) is 14.2. The van der Waals surface area contributed by atoms with Gasteiger partial charge in [-0.15, -0.1) is 0 Å². The standard InChI is InChI=1S/C28H24ClF3N6O2/c29-21-4-6-24(36-27(40)19-3-1-2-18(12-19)16-37-10-8-33-9-11-37)23(13-21)26(39)20-14-35-38(17-20)22-5-7-25(34-15-22)28(30,31)32/h1-7,12-15,17,33H,8-11,16H2,(H,36,40). The van der Waals surface area contributed by atoms with Crippen LogP contribution in [0.2, 0.25) is 5.02 Å². The van der Waals surface area contributed by atoms with Gasteiger partial charge in [-0.25, -0.2) is 9.67 Å². The Morgan fingerprint density at radius 3 is 2.52 bits per heavy atom. The zero-order valence-corrected chi connectivity index (χ0v) is 21.8. The number of pyridine rings is 1. The quantitative estimate of drug-likeness (QED) is 0.310. The van der Waals surface area contributed by atoms with E-state index in [1.54, 1.807) is 18.2 Å². The molecule has 0 spiro atoms. The number of nitrogens with zero attached hydrogens (tertiary/aromatic N) is 4. The molecule has 0 unspecified atom stereocenters. The maximum Gasteiger partial charge on any atom is 0.433 e. The number of benzene rings is 2. The number of ketones is 1. The number of amides is 1.